The van der Waals surface area contributed by atoms with Gasteiger partial charge in [0.15, 0.2) is 0 Å². The number of hydroxylamine groups is 2. The molecule has 0 fully saturated rings. The van der Waals surface area contributed by atoms with E-state index in [1.54, 1.807) is 36.4 Å². The third-order valence-corrected chi connectivity index (χ3v) is 4.44. The Labute approximate surface area is 157 Å². The van der Waals surface area contributed by atoms with E-state index in [9.17, 15) is 14.4 Å². The fraction of sp³-hybridized carbons (Fsp3) is 0. The number of halogens is 2. The van der Waals surface area contributed by atoms with Gasteiger partial charge >= 0.3 is 5.97 Å². The topological polar surface area (TPSA) is 63.7 Å². The summed E-state index contributed by atoms with van der Waals surface area (Å²) in [5.41, 5.74) is 0.601. The van der Waals surface area contributed by atoms with Crippen LogP contribution in [0.4, 0.5) is 0 Å². The van der Waals surface area contributed by atoms with E-state index in [0.717, 1.165) is 5.39 Å². The molecule has 0 N–H and O–H groups in total. The monoisotopic (exact) mass is 385 g/mol. The Hall–Kier alpha value is -2.89. The van der Waals surface area contributed by atoms with Crippen LogP contribution in [0.5, 0.6) is 0 Å². The van der Waals surface area contributed by atoms with E-state index in [1.807, 2.05) is 0 Å². The number of amides is 2. The van der Waals surface area contributed by atoms with Gasteiger partial charge in [-0.1, -0.05) is 52.5 Å². The molecule has 0 spiro atoms. The smallest absolute Gasteiger partial charge is 0.324 e. The van der Waals surface area contributed by atoms with Crippen LogP contribution >= 0.6 is 23.2 Å². The van der Waals surface area contributed by atoms with Gasteiger partial charge in [-0.15, -0.1) is 0 Å². The highest BCUT2D eigenvalue weighted by atomic mass is 35.5. The number of nitrogens with zero attached hydrogens (tertiary/aromatic N) is 1. The number of hydrogen-bond donors (Lipinski definition) is 0. The summed E-state index contributed by atoms with van der Waals surface area (Å²) in [6.07, 6.45) is 0. The predicted molar refractivity (Wildman–Crippen MR) is 96.3 cm³/mol. The van der Waals surface area contributed by atoms with Crippen LogP contribution in [-0.2, 0) is 4.84 Å². The van der Waals surface area contributed by atoms with E-state index in [1.165, 1.54) is 18.2 Å². The fourth-order valence-electron chi connectivity index (χ4n) is 2.90. The molecule has 4 rings (SSSR count). The molecule has 3 aromatic carbocycles. The van der Waals surface area contributed by atoms with Crippen LogP contribution in [-0.4, -0.2) is 22.8 Å². The first-order valence-corrected chi connectivity index (χ1v) is 8.30. The minimum atomic E-state index is -0.914. The molecule has 0 aliphatic carbocycles. The molecule has 0 unspecified atom stereocenters. The number of hydrogen-bond acceptors (Lipinski definition) is 4. The minimum absolute atomic E-state index is 0.0279. The lowest BCUT2D eigenvalue weighted by Gasteiger charge is -2.25. The van der Waals surface area contributed by atoms with Crippen LogP contribution < -0.4 is 0 Å². The molecule has 0 atom stereocenters. The second kappa shape index (κ2) is 6.12. The highest BCUT2D eigenvalue weighted by molar-refractivity contribution is 6.35. The molecule has 7 heteroatoms. The number of benzene rings is 3. The lowest BCUT2D eigenvalue weighted by molar-refractivity contribution is -0.0620. The summed E-state index contributed by atoms with van der Waals surface area (Å²) >= 11 is 11.8. The molecule has 0 saturated heterocycles. The van der Waals surface area contributed by atoms with Crippen LogP contribution in [0.15, 0.2) is 54.6 Å². The molecule has 1 aliphatic heterocycles. The first-order chi connectivity index (χ1) is 12.5. The van der Waals surface area contributed by atoms with Crippen molar-refractivity contribution in [3.63, 3.8) is 0 Å². The normalized spacial score (nSPS) is 13.2. The quantitative estimate of drug-likeness (QED) is 0.608. The van der Waals surface area contributed by atoms with E-state index < -0.39 is 17.8 Å². The lowest BCUT2D eigenvalue weighted by atomic mass is 9.95. The molecule has 128 valence electrons. The predicted octanol–water partition coefficient (Wildman–Crippen LogP) is 4.51. The second-order valence-corrected chi connectivity index (χ2v) is 6.52. The van der Waals surface area contributed by atoms with E-state index in [-0.39, 0.29) is 26.7 Å². The highest BCUT2D eigenvalue weighted by Crippen LogP contribution is 2.30. The summed E-state index contributed by atoms with van der Waals surface area (Å²) in [6, 6.07) is 14.3. The van der Waals surface area contributed by atoms with Gasteiger partial charge in [-0.25, -0.2) is 4.79 Å². The van der Waals surface area contributed by atoms with Crippen molar-refractivity contribution in [1.82, 2.24) is 5.06 Å². The van der Waals surface area contributed by atoms with Gasteiger partial charge in [-0.3, -0.25) is 9.59 Å². The lowest BCUT2D eigenvalue weighted by Crippen LogP contribution is -2.41. The fourth-order valence-corrected chi connectivity index (χ4v) is 3.42. The summed E-state index contributed by atoms with van der Waals surface area (Å²) in [5, 5.41) is 2.23. The number of carbonyl (C=O) groups is 3. The van der Waals surface area contributed by atoms with Gasteiger partial charge in [0.2, 0.25) is 0 Å². The van der Waals surface area contributed by atoms with Crippen LogP contribution in [0.25, 0.3) is 10.8 Å². The van der Waals surface area contributed by atoms with Crippen LogP contribution in [0, 0.1) is 0 Å². The largest absolute Gasteiger partial charge is 0.364 e. The summed E-state index contributed by atoms with van der Waals surface area (Å²) < 4.78 is 0. The molecular weight excluding hydrogens is 377 g/mol. The minimum Gasteiger partial charge on any atom is -0.324 e. The Kier molecular flexibility index (Phi) is 3.90. The highest BCUT2D eigenvalue weighted by Gasteiger charge is 2.36. The standard InChI is InChI=1S/C19H9Cl2NO4/c20-12-7-11(8-13(21)9-12)19(25)26-22-17(23)14-5-1-3-10-4-2-6-15(16(10)14)18(22)24/h1-9H. The van der Waals surface area contributed by atoms with Gasteiger partial charge in [0.25, 0.3) is 11.8 Å². The third-order valence-electron chi connectivity index (χ3n) is 4.01. The van der Waals surface area contributed by atoms with Gasteiger partial charge in [-0.2, -0.15) is 0 Å². The zero-order chi connectivity index (χ0) is 18.4. The second-order valence-electron chi connectivity index (χ2n) is 5.65. The van der Waals surface area contributed by atoms with Crippen molar-refractivity contribution >= 4 is 51.8 Å². The molecule has 26 heavy (non-hydrogen) atoms. The maximum Gasteiger partial charge on any atom is 0.364 e. The van der Waals surface area contributed by atoms with Crippen LogP contribution in [0.1, 0.15) is 31.1 Å². The molecular formula is C19H9Cl2NO4. The first kappa shape index (κ1) is 16.6. The third kappa shape index (κ3) is 2.62. The Bertz CT molecular complexity index is 1040. The average Bonchev–Trinajstić information content (AvgIpc) is 2.62. The summed E-state index contributed by atoms with van der Waals surface area (Å²) in [5.74, 6) is -2.33. The van der Waals surface area contributed by atoms with Crippen LogP contribution in [0.2, 0.25) is 10.0 Å². The Morgan fingerprint density at radius 3 is 1.92 bits per heavy atom. The molecule has 2 amide bonds. The Morgan fingerprint density at radius 2 is 1.38 bits per heavy atom. The van der Waals surface area contributed by atoms with E-state index in [2.05, 4.69) is 0 Å². The van der Waals surface area contributed by atoms with E-state index in [0.29, 0.717) is 10.4 Å². The van der Waals surface area contributed by atoms with Crippen molar-refractivity contribution in [2.75, 3.05) is 0 Å². The average molecular weight is 386 g/mol. The van der Waals surface area contributed by atoms with Gasteiger partial charge in [0.05, 0.1) is 16.7 Å². The molecule has 0 saturated carbocycles. The maximum absolute atomic E-state index is 12.7. The van der Waals surface area contributed by atoms with Crippen molar-refractivity contribution in [1.29, 1.82) is 0 Å². The summed E-state index contributed by atoms with van der Waals surface area (Å²) in [6.45, 7) is 0. The SMILES string of the molecule is O=C(ON1C(=O)c2cccc3cccc(c23)C1=O)c1cc(Cl)cc(Cl)c1. The molecule has 3 aromatic rings. The zero-order valence-electron chi connectivity index (χ0n) is 13.0. The number of imide groups is 1. The van der Waals surface area contributed by atoms with Gasteiger partial charge in [0.1, 0.15) is 0 Å². The molecule has 5 nitrogen and oxygen atoms in total. The van der Waals surface area contributed by atoms with Crippen molar-refractivity contribution in [2.24, 2.45) is 0 Å². The summed E-state index contributed by atoms with van der Waals surface area (Å²) in [7, 11) is 0. The summed E-state index contributed by atoms with van der Waals surface area (Å²) in [4.78, 5) is 42.8. The molecule has 0 aromatic heterocycles. The maximum atomic E-state index is 12.7. The molecule has 1 heterocycles. The van der Waals surface area contributed by atoms with Crippen molar-refractivity contribution < 1.29 is 19.2 Å². The molecule has 1 aliphatic rings. The number of carbonyl (C=O) groups excluding carboxylic acids is 3. The zero-order valence-corrected chi connectivity index (χ0v) is 14.5. The van der Waals surface area contributed by atoms with E-state index in [4.69, 9.17) is 28.0 Å². The van der Waals surface area contributed by atoms with Crippen molar-refractivity contribution in [3.05, 3.63) is 81.3 Å². The van der Waals surface area contributed by atoms with Crippen molar-refractivity contribution in [2.45, 2.75) is 0 Å². The number of rotatable bonds is 2. The molecule has 0 radical (unpaired) electrons. The van der Waals surface area contributed by atoms with Gasteiger partial charge < -0.3 is 4.84 Å². The molecule has 0 bridgehead atoms. The Balaban J connectivity index is 1.73. The van der Waals surface area contributed by atoms with E-state index >= 15 is 0 Å². The van der Waals surface area contributed by atoms with Crippen molar-refractivity contribution in [3.8, 4) is 0 Å². The van der Waals surface area contributed by atoms with Gasteiger partial charge in [0, 0.05) is 15.4 Å². The Morgan fingerprint density at radius 1 is 0.846 bits per heavy atom. The first-order valence-electron chi connectivity index (χ1n) is 7.54. The van der Waals surface area contributed by atoms with Gasteiger partial charge in [-0.05, 0) is 35.7 Å². The van der Waals surface area contributed by atoms with Crippen LogP contribution in [0.3, 0.4) is 0 Å².